The summed E-state index contributed by atoms with van der Waals surface area (Å²) in [6.45, 7) is 2.22. The number of H-pyrrole nitrogens is 1. The zero-order chi connectivity index (χ0) is 13.3. The third kappa shape index (κ3) is 2.64. The molecule has 0 aliphatic rings. The summed E-state index contributed by atoms with van der Waals surface area (Å²) in [5.74, 6) is 0. The summed E-state index contributed by atoms with van der Waals surface area (Å²) in [6, 6.07) is 8.44. The Morgan fingerprint density at radius 2 is 1.94 bits per heavy atom. The summed E-state index contributed by atoms with van der Waals surface area (Å²) in [7, 11) is 0. The van der Waals surface area contributed by atoms with Crippen LogP contribution in [0, 0.1) is 11.6 Å². The van der Waals surface area contributed by atoms with E-state index in [9.17, 15) is 13.2 Å². The van der Waals surface area contributed by atoms with Gasteiger partial charge in [0, 0.05) is 6.07 Å². The van der Waals surface area contributed by atoms with Gasteiger partial charge in [-0.3, -0.25) is 9.78 Å². The molecular formula is C12H11F3N2S. The van der Waals surface area contributed by atoms with Gasteiger partial charge in [0.2, 0.25) is 0 Å². The largest absolute Gasteiger partial charge is 0.432 e. The second-order valence-corrected chi connectivity index (χ2v) is 4.44. The molecule has 1 aromatic carbocycles. The van der Waals surface area contributed by atoms with Crippen molar-refractivity contribution < 1.29 is 13.2 Å². The Hall–Kier alpha value is -1.56. The third-order valence-corrected chi connectivity index (χ3v) is 3.02. The Bertz CT molecular complexity index is 610. The number of hydrogen-bond donors (Lipinski definition) is 1. The predicted octanol–water partition coefficient (Wildman–Crippen LogP) is 3.92. The molecular weight excluding hydrogens is 261 g/mol. The minimum absolute atomic E-state index is 0.144. The molecule has 0 saturated carbocycles. The average molecular weight is 272 g/mol. The topological polar surface area (TPSA) is 20.7 Å². The third-order valence-electron chi connectivity index (χ3n) is 2.68. The van der Waals surface area contributed by atoms with Crippen molar-refractivity contribution in [3.63, 3.8) is 0 Å². The summed E-state index contributed by atoms with van der Waals surface area (Å²) in [5, 5.41) is 2.28. The molecule has 0 radical (unpaired) electrons. The van der Waals surface area contributed by atoms with Crippen LogP contribution in [0.15, 0.2) is 30.3 Å². The van der Waals surface area contributed by atoms with Crippen LogP contribution in [-0.2, 0) is 12.7 Å². The van der Waals surface area contributed by atoms with Crippen molar-refractivity contribution >= 4 is 12.2 Å². The highest BCUT2D eigenvalue weighted by molar-refractivity contribution is 7.71. The molecule has 0 bridgehead atoms. The molecule has 0 saturated heterocycles. The van der Waals surface area contributed by atoms with Gasteiger partial charge in [-0.1, -0.05) is 36.5 Å². The number of benzene rings is 1. The first-order valence-corrected chi connectivity index (χ1v) is 5.70. The fraction of sp³-hybridized carbons (Fsp3) is 0.250. The number of nitrogens with zero attached hydrogens (tertiary/aromatic N) is 1. The minimum Gasteiger partial charge on any atom is -0.293 e. The minimum atomic E-state index is -4.40. The van der Waals surface area contributed by atoms with Gasteiger partial charge in [0.15, 0.2) is 0 Å². The Morgan fingerprint density at radius 3 is 2.50 bits per heavy atom. The molecule has 0 atom stereocenters. The monoisotopic (exact) mass is 272 g/mol. The van der Waals surface area contributed by atoms with Gasteiger partial charge in [0.1, 0.15) is 10.3 Å². The Balaban J connectivity index is 2.34. The number of rotatable bonds is 2. The molecule has 2 rings (SSSR count). The van der Waals surface area contributed by atoms with Crippen LogP contribution in [0.5, 0.6) is 0 Å². The highest BCUT2D eigenvalue weighted by Gasteiger charge is 2.32. The van der Waals surface area contributed by atoms with Crippen molar-refractivity contribution in [2.24, 2.45) is 0 Å². The van der Waals surface area contributed by atoms with Crippen molar-refractivity contribution in [1.82, 2.24) is 9.78 Å². The van der Waals surface area contributed by atoms with Gasteiger partial charge in [-0.05, 0) is 18.1 Å². The summed E-state index contributed by atoms with van der Waals surface area (Å²) in [6.07, 6.45) is -4.40. The van der Waals surface area contributed by atoms with Crippen molar-refractivity contribution in [2.75, 3.05) is 0 Å². The summed E-state index contributed by atoms with van der Waals surface area (Å²) in [4.78, 5) is 0. The van der Waals surface area contributed by atoms with Gasteiger partial charge < -0.3 is 0 Å². The van der Waals surface area contributed by atoms with Gasteiger partial charge in [-0.25, -0.2) is 0 Å². The van der Waals surface area contributed by atoms with E-state index in [0.29, 0.717) is 6.54 Å². The molecule has 18 heavy (non-hydrogen) atoms. The Morgan fingerprint density at radius 1 is 1.28 bits per heavy atom. The van der Waals surface area contributed by atoms with Crippen LogP contribution in [0.4, 0.5) is 13.2 Å². The van der Waals surface area contributed by atoms with E-state index >= 15 is 0 Å². The second kappa shape index (κ2) is 4.61. The summed E-state index contributed by atoms with van der Waals surface area (Å²) >= 11 is 4.92. The SMILES string of the molecule is Cc1ccccc1Cn1[nH]c(C(F)(F)F)cc1=S. The van der Waals surface area contributed by atoms with Crippen LogP contribution in [0.25, 0.3) is 0 Å². The van der Waals surface area contributed by atoms with Crippen molar-refractivity contribution in [3.05, 3.63) is 51.8 Å². The highest BCUT2D eigenvalue weighted by atomic mass is 32.1. The van der Waals surface area contributed by atoms with Crippen molar-refractivity contribution in [2.45, 2.75) is 19.6 Å². The van der Waals surface area contributed by atoms with Crippen molar-refractivity contribution in [3.8, 4) is 0 Å². The number of nitrogens with one attached hydrogen (secondary N) is 1. The Labute approximate surface area is 107 Å². The maximum atomic E-state index is 12.5. The van der Waals surface area contributed by atoms with Crippen molar-refractivity contribution in [1.29, 1.82) is 0 Å². The first-order chi connectivity index (χ1) is 8.38. The van der Waals surface area contributed by atoms with Gasteiger partial charge in [0.05, 0.1) is 6.54 Å². The quantitative estimate of drug-likeness (QED) is 0.822. The molecule has 1 N–H and O–H groups in total. The number of aromatic amines is 1. The standard InChI is InChI=1S/C12H11F3N2S/c1-8-4-2-3-5-9(8)7-17-11(18)6-10(16-17)12(13,14)15/h2-6,16H,7H2,1H3. The van der Waals surface area contributed by atoms with E-state index in [1.54, 1.807) is 0 Å². The van der Waals surface area contributed by atoms with E-state index in [1.165, 1.54) is 4.68 Å². The van der Waals surface area contributed by atoms with Gasteiger partial charge in [-0.15, -0.1) is 0 Å². The van der Waals surface area contributed by atoms with E-state index < -0.39 is 11.9 Å². The average Bonchev–Trinajstić information content (AvgIpc) is 2.63. The molecule has 0 spiro atoms. The first kappa shape index (κ1) is 12.9. The summed E-state index contributed by atoms with van der Waals surface area (Å²) < 4.78 is 39.0. The smallest absolute Gasteiger partial charge is 0.293 e. The number of aryl methyl sites for hydroxylation is 1. The zero-order valence-corrected chi connectivity index (χ0v) is 10.4. The number of aromatic nitrogens is 2. The lowest BCUT2D eigenvalue weighted by Crippen LogP contribution is -2.09. The van der Waals surface area contributed by atoms with Gasteiger partial charge in [-0.2, -0.15) is 13.2 Å². The Kier molecular flexibility index (Phi) is 3.30. The molecule has 0 unspecified atom stereocenters. The maximum absolute atomic E-state index is 12.5. The van der Waals surface area contributed by atoms with Crippen LogP contribution >= 0.6 is 12.2 Å². The van der Waals surface area contributed by atoms with Crippen LogP contribution in [0.2, 0.25) is 0 Å². The number of hydrogen-bond acceptors (Lipinski definition) is 1. The number of alkyl halides is 3. The van der Waals surface area contributed by atoms with Crippen LogP contribution in [0.3, 0.4) is 0 Å². The molecule has 2 nitrogen and oxygen atoms in total. The predicted molar refractivity (Wildman–Crippen MR) is 64.9 cm³/mol. The summed E-state index contributed by atoms with van der Waals surface area (Å²) in [5.41, 5.74) is 1.13. The van der Waals surface area contributed by atoms with E-state index in [1.807, 2.05) is 31.2 Å². The number of halogens is 3. The van der Waals surface area contributed by atoms with Crippen LogP contribution in [0.1, 0.15) is 16.8 Å². The highest BCUT2D eigenvalue weighted by Crippen LogP contribution is 2.27. The molecule has 6 heteroatoms. The molecule has 0 aliphatic carbocycles. The molecule has 96 valence electrons. The van der Waals surface area contributed by atoms with E-state index in [-0.39, 0.29) is 4.64 Å². The molecule has 2 aromatic rings. The van der Waals surface area contributed by atoms with E-state index in [4.69, 9.17) is 12.2 Å². The molecule has 0 fully saturated rings. The van der Waals surface area contributed by atoms with E-state index in [0.717, 1.165) is 17.2 Å². The van der Waals surface area contributed by atoms with Gasteiger partial charge >= 0.3 is 6.18 Å². The fourth-order valence-corrected chi connectivity index (χ4v) is 1.88. The molecule has 0 aliphatic heterocycles. The fourth-order valence-electron chi connectivity index (χ4n) is 1.65. The zero-order valence-electron chi connectivity index (χ0n) is 9.58. The lowest BCUT2D eigenvalue weighted by Gasteiger charge is -2.07. The first-order valence-electron chi connectivity index (χ1n) is 5.29. The molecule has 1 aromatic heterocycles. The normalized spacial score (nSPS) is 11.8. The van der Waals surface area contributed by atoms with E-state index in [2.05, 4.69) is 5.10 Å². The van der Waals surface area contributed by atoms with Gasteiger partial charge in [0.25, 0.3) is 0 Å². The lowest BCUT2D eigenvalue weighted by molar-refractivity contribution is -0.141. The lowest BCUT2D eigenvalue weighted by atomic mass is 10.1. The molecule has 0 amide bonds. The molecule has 1 heterocycles. The maximum Gasteiger partial charge on any atom is 0.432 e. The van der Waals surface area contributed by atoms with Crippen LogP contribution < -0.4 is 0 Å². The second-order valence-electron chi connectivity index (χ2n) is 4.02. The van der Waals surface area contributed by atoms with Crippen LogP contribution in [-0.4, -0.2) is 9.78 Å².